The maximum Gasteiger partial charge on any atom is 0.135 e. The van der Waals surface area contributed by atoms with E-state index in [2.05, 4.69) is 5.32 Å². The summed E-state index contributed by atoms with van der Waals surface area (Å²) in [6.07, 6.45) is 3.90. The molecule has 0 saturated heterocycles. The molecule has 1 aromatic carbocycles. The lowest BCUT2D eigenvalue weighted by Crippen LogP contribution is -2.08. The summed E-state index contributed by atoms with van der Waals surface area (Å²) in [4.78, 5) is 0. The monoisotopic (exact) mass is 223 g/mol. The van der Waals surface area contributed by atoms with Crippen molar-refractivity contribution in [2.75, 3.05) is 13.6 Å². The van der Waals surface area contributed by atoms with E-state index in [1.165, 1.54) is 5.56 Å². The lowest BCUT2D eigenvalue weighted by Gasteiger charge is -1.99. The Morgan fingerprint density at radius 3 is 3.07 bits per heavy atom. The van der Waals surface area contributed by atoms with Gasteiger partial charge in [-0.15, -0.1) is 0 Å². The number of nitrogens with one attached hydrogen (secondary N) is 1. The predicted octanol–water partition coefficient (Wildman–Crippen LogP) is 3.24. The topological polar surface area (TPSA) is 25.2 Å². The van der Waals surface area contributed by atoms with Gasteiger partial charge in [-0.1, -0.05) is 17.7 Å². The zero-order valence-corrected chi connectivity index (χ0v) is 9.47. The number of halogens is 1. The fraction of sp³-hybridized carbons (Fsp3) is 0.333. The summed E-state index contributed by atoms with van der Waals surface area (Å²) in [5.41, 5.74) is 2.08. The van der Waals surface area contributed by atoms with Crippen molar-refractivity contribution < 1.29 is 4.42 Å². The van der Waals surface area contributed by atoms with Crippen molar-refractivity contribution in [3.63, 3.8) is 0 Å². The van der Waals surface area contributed by atoms with Gasteiger partial charge in [0.25, 0.3) is 0 Å². The van der Waals surface area contributed by atoms with E-state index in [0.717, 1.165) is 35.4 Å². The van der Waals surface area contributed by atoms with E-state index in [4.69, 9.17) is 16.0 Å². The van der Waals surface area contributed by atoms with Crippen LogP contribution >= 0.6 is 11.6 Å². The minimum Gasteiger partial charge on any atom is -0.464 e. The summed E-state index contributed by atoms with van der Waals surface area (Å²) in [7, 11) is 1.96. The molecule has 0 fully saturated rings. The third kappa shape index (κ3) is 2.16. The number of fused-ring (bicyclic) bond motifs is 1. The zero-order chi connectivity index (χ0) is 10.7. The maximum atomic E-state index is 6.14. The fourth-order valence-corrected chi connectivity index (χ4v) is 2.03. The molecule has 2 rings (SSSR count). The summed E-state index contributed by atoms with van der Waals surface area (Å²) < 4.78 is 5.46. The molecular formula is C12H14ClNO. The molecule has 0 radical (unpaired) electrons. The van der Waals surface area contributed by atoms with Crippen LogP contribution in [0.15, 0.2) is 28.9 Å². The van der Waals surface area contributed by atoms with Gasteiger partial charge in [-0.25, -0.2) is 0 Å². The Balaban J connectivity index is 2.27. The van der Waals surface area contributed by atoms with Gasteiger partial charge in [-0.3, -0.25) is 0 Å². The highest BCUT2D eigenvalue weighted by Crippen LogP contribution is 2.29. The highest BCUT2D eigenvalue weighted by molar-refractivity contribution is 6.35. The standard InChI is InChI=1S/C12H14ClNO/c1-14-7-3-4-9-8-15-11-6-2-5-10(13)12(9)11/h2,5-6,8,14H,3-4,7H2,1H3. The van der Waals surface area contributed by atoms with Gasteiger partial charge in [0, 0.05) is 5.39 Å². The summed E-state index contributed by atoms with van der Waals surface area (Å²) in [5.74, 6) is 0. The molecule has 80 valence electrons. The van der Waals surface area contributed by atoms with E-state index in [1.807, 2.05) is 31.5 Å². The first-order valence-corrected chi connectivity index (χ1v) is 5.50. The molecule has 1 N–H and O–H groups in total. The van der Waals surface area contributed by atoms with Gasteiger partial charge in [0.05, 0.1) is 11.3 Å². The van der Waals surface area contributed by atoms with Crippen LogP contribution in [0.25, 0.3) is 11.0 Å². The Labute approximate surface area is 94.2 Å². The molecule has 3 heteroatoms. The highest BCUT2D eigenvalue weighted by Gasteiger charge is 2.08. The molecule has 0 unspecified atom stereocenters. The number of furan rings is 1. The lowest BCUT2D eigenvalue weighted by molar-refractivity contribution is 0.607. The average molecular weight is 224 g/mol. The van der Waals surface area contributed by atoms with Crippen LogP contribution < -0.4 is 5.32 Å². The Kier molecular flexibility index (Phi) is 3.29. The van der Waals surface area contributed by atoms with Crippen LogP contribution in [0.2, 0.25) is 5.02 Å². The third-order valence-corrected chi connectivity index (χ3v) is 2.81. The molecule has 0 bridgehead atoms. The summed E-state index contributed by atoms with van der Waals surface area (Å²) >= 11 is 6.14. The molecular weight excluding hydrogens is 210 g/mol. The molecule has 0 atom stereocenters. The van der Waals surface area contributed by atoms with Gasteiger partial charge in [0.15, 0.2) is 0 Å². The first-order valence-electron chi connectivity index (χ1n) is 5.12. The molecule has 0 saturated carbocycles. The van der Waals surface area contributed by atoms with Crippen LogP contribution in [-0.4, -0.2) is 13.6 Å². The summed E-state index contributed by atoms with van der Waals surface area (Å²) in [5, 5.41) is 4.97. The minimum atomic E-state index is 0.778. The average Bonchev–Trinajstić information content (AvgIpc) is 2.63. The molecule has 1 heterocycles. The van der Waals surface area contributed by atoms with Gasteiger partial charge in [-0.2, -0.15) is 0 Å². The largest absolute Gasteiger partial charge is 0.464 e. The SMILES string of the molecule is CNCCCc1coc2cccc(Cl)c12. The molecule has 2 nitrogen and oxygen atoms in total. The Morgan fingerprint density at radius 2 is 2.27 bits per heavy atom. The van der Waals surface area contributed by atoms with E-state index in [9.17, 15) is 0 Å². The van der Waals surface area contributed by atoms with Crippen LogP contribution in [0, 0.1) is 0 Å². The number of rotatable bonds is 4. The van der Waals surface area contributed by atoms with E-state index in [0.29, 0.717) is 0 Å². The Morgan fingerprint density at radius 1 is 1.40 bits per heavy atom. The van der Waals surface area contributed by atoms with Crippen LogP contribution in [0.1, 0.15) is 12.0 Å². The quantitative estimate of drug-likeness (QED) is 0.806. The van der Waals surface area contributed by atoms with Crippen LogP contribution in [0.5, 0.6) is 0 Å². The van der Waals surface area contributed by atoms with Crippen molar-refractivity contribution in [3.05, 3.63) is 35.0 Å². The van der Waals surface area contributed by atoms with Gasteiger partial charge in [-0.05, 0) is 44.1 Å². The van der Waals surface area contributed by atoms with Gasteiger partial charge < -0.3 is 9.73 Å². The zero-order valence-electron chi connectivity index (χ0n) is 8.72. The van der Waals surface area contributed by atoms with Crippen molar-refractivity contribution in [2.45, 2.75) is 12.8 Å². The number of hydrogen-bond acceptors (Lipinski definition) is 2. The number of hydrogen-bond donors (Lipinski definition) is 1. The Hall–Kier alpha value is -0.990. The smallest absolute Gasteiger partial charge is 0.135 e. The maximum absolute atomic E-state index is 6.14. The summed E-state index contributed by atoms with van der Waals surface area (Å²) in [6, 6.07) is 5.76. The molecule has 2 aromatic rings. The predicted molar refractivity (Wildman–Crippen MR) is 63.5 cm³/mol. The lowest BCUT2D eigenvalue weighted by atomic mass is 10.1. The van der Waals surface area contributed by atoms with E-state index in [-0.39, 0.29) is 0 Å². The number of aryl methyl sites for hydroxylation is 1. The summed E-state index contributed by atoms with van der Waals surface area (Å²) in [6.45, 7) is 1.01. The molecule has 0 amide bonds. The van der Waals surface area contributed by atoms with Gasteiger partial charge >= 0.3 is 0 Å². The minimum absolute atomic E-state index is 0.778. The van der Waals surface area contributed by atoms with Crippen molar-refractivity contribution >= 4 is 22.6 Å². The van der Waals surface area contributed by atoms with Crippen molar-refractivity contribution in [2.24, 2.45) is 0 Å². The van der Waals surface area contributed by atoms with E-state index >= 15 is 0 Å². The Bertz CT molecular complexity index is 450. The first-order chi connectivity index (χ1) is 7.33. The van der Waals surface area contributed by atoms with Crippen LogP contribution in [0.4, 0.5) is 0 Å². The van der Waals surface area contributed by atoms with Crippen molar-refractivity contribution in [3.8, 4) is 0 Å². The second-order valence-corrected chi connectivity index (χ2v) is 3.99. The molecule has 0 spiro atoms. The first kappa shape index (κ1) is 10.5. The van der Waals surface area contributed by atoms with E-state index in [1.54, 1.807) is 0 Å². The fourth-order valence-electron chi connectivity index (χ4n) is 1.75. The highest BCUT2D eigenvalue weighted by atomic mass is 35.5. The van der Waals surface area contributed by atoms with Crippen molar-refractivity contribution in [1.82, 2.24) is 5.32 Å². The van der Waals surface area contributed by atoms with E-state index < -0.39 is 0 Å². The second kappa shape index (κ2) is 4.69. The molecule has 0 aliphatic heterocycles. The van der Waals surface area contributed by atoms with Gasteiger partial charge in [0.2, 0.25) is 0 Å². The van der Waals surface area contributed by atoms with Crippen molar-refractivity contribution in [1.29, 1.82) is 0 Å². The molecule has 0 aliphatic rings. The molecule has 0 aliphatic carbocycles. The molecule has 15 heavy (non-hydrogen) atoms. The number of benzene rings is 1. The second-order valence-electron chi connectivity index (χ2n) is 3.58. The van der Waals surface area contributed by atoms with Gasteiger partial charge in [0.1, 0.15) is 5.58 Å². The molecule has 1 aromatic heterocycles. The van der Waals surface area contributed by atoms with Crippen LogP contribution in [0.3, 0.4) is 0 Å². The van der Waals surface area contributed by atoms with Crippen LogP contribution in [-0.2, 0) is 6.42 Å². The third-order valence-electron chi connectivity index (χ3n) is 2.50. The normalized spacial score (nSPS) is 11.1.